The highest BCUT2D eigenvalue weighted by Crippen LogP contribution is 2.27. The molecule has 3 aromatic rings. The fraction of sp³-hybridized carbons (Fsp3) is 0.312. The largest absolute Gasteiger partial charge is 0.415 e. The minimum Gasteiger partial charge on any atom is -0.383 e. The number of nitrogens with one attached hydrogen (secondary N) is 1. The lowest BCUT2D eigenvalue weighted by atomic mass is 10.2. The molecule has 1 aromatic carbocycles. The van der Waals surface area contributed by atoms with Crippen LogP contribution in [-0.2, 0) is 6.54 Å². The number of hydrogen-bond donors (Lipinski definition) is 2. The van der Waals surface area contributed by atoms with Gasteiger partial charge in [-0.05, 0) is 31.2 Å². The van der Waals surface area contributed by atoms with Crippen LogP contribution in [0.25, 0.3) is 22.6 Å². The Hall–Kier alpha value is -2.04. The predicted molar refractivity (Wildman–Crippen MR) is 97.1 cm³/mol. The molecule has 144 valence electrons. The van der Waals surface area contributed by atoms with Crippen molar-refractivity contribution < 1.29 is 18.3 Å². The Labute approximate surface area is 160 Å². The number of aliphatic hydroxyl groups excluding tert-OH is 1. The maximum Gasteiger partial charge on any atom is 0.415 e. The first-order valence-corrected chi connectivity index (χ1v) is 9.21. The molecule has 2 heterocycles. The summed E-state index contributed by atoms with van der Waals surface area (Å²) in [7, 11) is 0. The van der Waals surface area contributed by atoms with Crippen molar-refractivity contribution in [2.75, 3.05) is 5.75 Å². The van der Waals surface area contributed by atoms with E-state index in [0.29, 0.717) is 29.2 Å². The normalized spacial score (nSPS) is 13.3. The van der Waals surface area contributed by atoms with Crippen LogP contribution >= 0.6 is 23.4 Å². The molecule has 0 spiro atoms. The number of aliphatic hydroxyl groups is 1. The second-order valence-corrected chi connectivity index (χ2v) is 7.04. The molecule has 0 aliphatic heterocycles. The summed E-state index contributed by atoms with van der Waals surface area (Å²) in [6.07, 6.45) is -7.24. The van der Waals surface area contributed by atoms with Crippen molar-refractivity contribution in [1.29, 1.82) is 0 Å². The van der Waals surface area contributed by atoms with Gasteiger partial charge in [0.1, 0.15) is 5.82 Å². The summed E-state index contributed by atoms with van der Waals surface area (Å²) in [5, 5.41) is 9.64. The molecular formula is C16H14ClF3N4O2S. The van der Waals surface area contributed by atoms with Gasteiger partial charge >= 0.3 is 6.18 Å². The van der Waals surface area contributed by atoms with Gasteiger partial charge in [-0.3, -0.25) is 9.78 Å². The third-order valence-electron chi connectivity index (χ3n) is 3.76. The van der Waals surface area contributed by atoms with Gasteiger partial charge in [-0.25, -0.2) is 9.97 Å². The van der Waals surface area contributed by atoms with Crippen LogP contribution in [-0.4, -0.2) is 42.7 Å². The first-order valence-electron chi connectivity index (χ1n) is 7.84. The minimum atomic E-state index is -4.73. The van der Waals surface area contributed by atoms with E-state index in [4.69, 9.17) is 16.7 Å². The molecule has 0 saturated carbocycles. The number of aryl methyl sites for hydroxylation is 1. The van der Waals surface area contributed by atoms with E-state index in [1.54, 1.807) is 28.8 Å². The lowest BCUT2D eigenvalue weighted by molar-refractivity contribution is -0.195. The van der Waals surface area contributed by atoms with Crippen molar-refractivity contribution >= 4 is 34.5 Å². The molecule has 1 atom stereocenters. The number of fused-ring (bicyclic) bond motifs is 1. The van der Waals surface area contributed by atoms with Gasteiger partial charge in [-0.15, -0.1) is 0 Å². The zero-order chi connectivity index (χ0) is 19.8. The van der Waals surface area contributed by atoms with Crippen molar-refractivity contribution in [2.24, 2.45) is 0 Å². The van der Waals surface area contributed by atoms with Gasteiger partial charge in [-0.2, -0.15) is 13.2 Å². The van der Waals surface area contributed by atoms with Gasteiger partial charge in [-0.1, -0.05) is 23.4 Å². The molecule has 6 nitrogen and oxygen atoms in total. The number of imidazole rings is 1. The average Bonchev–Trinajstić information content (AvgIpc) is 2.98. The molecule has 2 aromatic heterocycles. The van der Waals surface area contributed by atoms with Crippen LogP contribution in [0.4, 0.5) is 13.2 Å². The summed E-state index contributed by atoms with van der Waals surface area (Å²) in [4.78, 5) is 23.3. The Morgan fingerprint density at radius 2 is 1.96 bits per heavy atom. The van der Waals surface area contributed by atoms with E-state index < -0.39 is 23.6 Å². The number of hydrogen-bond acceptors (Lipinski definition) is 5. The third-order valence-corrected chi connectivity index (χ3v) is 4.96. The van der Waals surface area contributed by atoms with Crippen molar-refractivity contribution in [3.8, 4) is 11.4 Å². The molecule has 1 unspecified atom stereocenters. The second kappa shape index (κ2) is 7.53. The van der Waals surface area contributed by atoms with Crippen LogP contribution in [0.1, 0.15) is 6.92 Å². The average molecular weight is 419 g/mol. The highest BCUT2D eigenvalue weighted by molar-refractivity contribution is 7.99. The Kier molecular flexibility index (Phi) is 5.50. The minimum absolute atomic E-state index is 0.0203. The molecule has 0 radical (unpaired) electrons. The van der Waals surface area contributed by atoms with Gasteiger partial charge in [0.2, 0.25) is 0 Å². The maximum absolute atomic E-state index is 12.4. The van der Waals surface area contributed by atoms with Crippen LogP contribution < -0.4 is 5.56 Å². The zero-order valence-electron chi connectivity index (χ0n) is 13.9. The van der Waals surface area contributed by atoms with E-state index in [-0.39, 0.29) is 16.3 Å². The zero-order valence-corrected chi connectivity index (χ0v) is 15.5. The smallest absolute Gasteiger partial charge is 0.383 e. The monoisotopic (exact) mass is 418 g/mol. The van der Waals surface area contributed by atoms with Crippen molar-refractivity contribution in [3.05, 3.63) is 39.6 Å². The van der Waals surface area contributed by atoms with E-state index in [1.165, 1.54) is 0 Å². The Morgan fingerprint density at radius 1 is 1.30 bits per heavy atom. The number of nitrogens with zero attached hydrogens (tertiary/aromatic N) is 3. The third kappa shape index (κ3) is 4.12. The number of thioether (sulfide) groups is 1. The number of aromatic nitrogens is 4. The number of rotatable bonds is 5. The summed E-state index contributed by atoms with van der Waals surface area (Å²) >= 11 is 6.51. The van der Waals surface area contributed by atoms with E-state index in [0.717, 1.165) is 5.56 Å². The van der Waals surface area contributed by atoms with Crippen molar-refractivity contribution in [2.45, 2.75) is 30.9 Å². The summed E-state index contributed by atoms with van der Waals surface area (Å²) < 4.78 is 39.0. The lowest BCUT2D eigenvalue weighted by Gasteiger charge is -2.13. The molecule has 3 rings (SSSR count). The quantitative estimate of drug-likeness (QED) is 0.489. The highest BCUT2D eigenvalue weighted by atomic mass is 35.5. The van der Waals surface area contributed by atoms with Crippen LogP contribution in [0.2, 0.25) is 5.02 Å². The second-order valence-electron chi connectivity index (χ2n) is 5.60. The molecule has 2 N–H and O–H groups in total. The molecule has 0 saturated heterocycles. The summed E-state index contributed by atoms with van der Waals surface area (Å²) in [5.41, 5.74) is 0.504. The van der Waals surface area contributed by atoms with Gasteiger partial charge in [0.25, 0.3) is 5.56 Å². The number of aromatic amines is 1. The topological polar surface area (TPSA) is 83.8 Å². The standard InChI is InChI=1S/C16H14ClF3N4O2S/c1-2-24-12(8-3-5-9(17)6-4-8)21-11-13(24)22-15(23-14(11)26)27-7-10(25)16(18,19)20/h3-6,10,25H,2,7H2,1H3,(H,22,23,26). The number of benzene rings is 1. The molecule has 0 aliphatic carbocycles. The van der Waals surface area contributed by atoms with Crippen LogP contribution in [0, 0.1) is 0 Å². The lowest BCUT2D eigenvalue weighted by Crippen LogP contribution is -2.30. The molecule has 0 bridgehead atoms. The van der Waals surface area contributed by atoms with Crippen LogP contribution in [0.5, 0.6) is 0 Å². The van der Waals surface area contributed by atoms with Gasteiger partial charge in [0, 0.05) is 22.9 Å². The number of alkyl halides is 3. The summed E-state index contributed by atoms with van der Waals surface area (Å²) in [6.45, 7) is 2.28. The summed E-state index contributed by atoms with van der Waals surface area (Å²) in [6, 6.07) is 6.87. The van der Waals surface area contributed by atoms with E-state index in [9.17, 15) is 18.0 Å². The van der Waals surface area contributed by atoms with Gasteiger partial charge in [0.15, 0.2) is 22.4 Å². The fourth-order valence-corrected chi connectivity index (χ4v) is 3.38. The Balaban J connectivity index is 2.01. The Morgan fingerprint density at radius 3 is 2.56 bits per heavy atom. The Bertz CT molecular complexity index is 1020. The van der Waals surface area contributed by atoms with Crippen molar-refractivity contribution in [3.63, 3.8) is 0 Å². The molecule has 0 fully saturated rings. The predicted octanol–water partition coefficient (Wildman–Crippen LogP) is 3.48. The van der Waals surface area contributed by atoms with Crippen LogP contribution in [0.15, 0.2) is 34.2 Å². The highest BCUT2D eigenvalue weighted by Gasteiger charge is 2.38. The maximum atomic E-state index is 12.4. The van der Waals surface area contributed by atoms with Gasteiger partial charge in [0.05, 0.1) is 0 Å². The van der Waals surface area contributed by atoms with Crippen molar-refractivity contribution in [1.82, 2.24) is 19.5 Å². The first kappa shape index (κ1) is 19.7. The van der Waals surface area contributed by atoms with Gasteiger partial charge < -0.3 is 9.67 Å². The van der Waals surface area contributed by atoms with Crippen LogP contribution in [0.3, 0.4) is 0 Å². The molecule has 0 amide bonds. The fourth-order valence-electron chi connectivity index (χ4n) is 2.43. The van der Waals surface area contributed by atoms with E-state index >= 15 is 0 Å². The first-order chi connectivity index (χ1) is 12.7. The molecule has 0 aliphatic rings. The molecule has 27 heavy (non-hydrogen) atoms. The summed E-state index contributed by atoms with van der Waals surface area (Å²) in [5.74, 6) is -0.179. The van der Waals surface area contributed by atoms with E-state index in [1.807, 2.05) is 6.92 Å². The molecular weight excluding hydrogens is 405 g/mol. The SMILES string of the molecule is CCn1c(-c2ccc(Cl)cc2)nc2c(=O)[nH]c(SCC(O)C(F)(F)F)nc21. The number of H-pyrrole nitrogens is 1. The van der Waals surface area contributed by atoms with E-state index in [2.05, 4.69) is 15.0 Å². The molecule has 11 heteroatoms. The number of halogens is 4.